The first kappa shape index (κ1) is 23.0. The van der Waals surface area contributed by atoms with E-state index in [4.69, 9.17) is 14.2 Å². The van der Waals surface area contributed by atoms with E-state index in [1.54, 1.807) is 11.8 Å². The molecule has 8 nitrogen and oxygen atoms in total. The summed E-state index contributed by atoms with van der Waals surface area (Å²) in [5, 5.41) is 2.37. The highest BCUT2D eigenvalue weighted by molar-refractivity contribution is 7.99. The van der Waals surface area contributed by atoms with Gasteiger partial charge in [-0.1, -0.05) is 13.5 Å². The van der Waals surface area contributed by atoms with Crippen molar-refractivity contribution < 1.29 is 33.4 Å². The van der Waals surface area contributed by atoms with Crippen LogP contribution in [0.4, 0.5) is 0 Å². The quantitative estimate of drug-likeness (QED) is 0.218. The lowest BCUT2D eigenvalue weighted by Crippen LogP contribution is -2.31. The minimum atomic E-state index is -0.597. The first-order chi connectivity index (χ1) is 11.9. The van der Waals surface area contributed by atoms with Crippen molar-refractivity contribution in [3.63, 3.8) is 0 Å². The summed E-state index contributed by atoms with van der Waals surface area (Å²) >= 11 is 1.65. The summed E-state index contributed by atoms with van der Waals surface area (Å²) in [5.74, 6) is -0.474. The van der Waals surface area contributed by atoms with E-state index in [0.717, 1.165) is 5.75 Å². The number of amides is 1. The normalized spacial score (nSPS) is 9.84. The third-order valence-corrected chi connectivity index (χ3v) is 3.47. The van der Waals surface area contributed by atoms with E-state index >= 15 is 0 Å². The minimum Gasteiger partial charge on any atom is -0.463 e. The molecular weight excluding hydrogens is 350 g/mol. The second-order valence-electron chi connectivity index (χ2n) is 4.83. The zero-order valence-electron chi connectivity index (χ0n) is 14.6. The molecule has 1 amide bonds. The fraction of sp³-hybridized carbons (Fsp3) is 0.625. The molecule has 0 fully saturated rings. The van der Waals surface area contributed by atoms with Gasteiger partial charge in [0, 0.05) is 17.7 Å². The monoisotopic (exact) mass is 375 g/mol. The molecule has 0 aromatic heterocycles. The van der Waals surface area contributed by atoms with Crippen LogP contribution >= 0.6 is 11.8 Å². The number of nitrogens with one attached hydrogen (secondary N) is 1. The van der Waals surface area contributed by atoms with Gasteiger partial charge in [0.15, 0.2) is 0 Å². The molecule has 0 atom stereocenters. The number of rotatable bonds is 13. The van der Waals surface area contributed by atoms with Crippen LogP contribution < -0.4 is 5.32 Å². The molecule has 0 aliphatic carbocycles. The Morgan fingerprint density at radius 1 is 0.960 bits per heavy atom. The molecule has 0 unspecified atom stereocenters. The molecular formula is C16H25NO7S. The summed E-state index contributed by atoms with van der Waals surface area (Å²) in [7, 11) is 0. The van der Waals surface area contributed by atoms with Crippen LogP contribution in [-0.4, -0.2) is 61.7 Å². The Hall–Kier alpha value is -2.03. The van der Waals surface area contributed by atoms with Gasteiger partial charge in [0.05, 0.1) is 6.42 Å². The lowest BCUT2D eigenvalue weighted by Gasteiger charge is -2.07. The van der Waals surface area contributed by atoms with E-state index in [-0.39, 0.29) is 38.2 Å². The molecule has 0 aliphatic heterocycles. The molecule has 0 radical (unpaired) electrons. The summed E-state index contributed by atoms with van der Waals surface area (Å²) in [6, 6.07) is 0. The summed E-state index contributed by atoms with van der Waals surface area (Å²) in [5.41, 5.74) is 0.255. The molecule has 0 spiro atoms. The summed E-state index contributed by atoms with van der Waals surface area (Å²) in [6.07, 6.45) is -0.244. The molecule has 0 bridgehead atoms. The molecule has 0 aliphatic rings. The molecule has 0 aromatic rings. The molecule has 0 heterocycles. The predicted molar refractivity (Wildman–Crippen MR) is 92.9 cm³/mol. The molecule has 25 heavy (non-hydrogen) atoms. The number of thioether (sulfide) groups is 1. The van der Waals surface area contributed by atoms with E-state index in [2.05, 4.69) is 11.9 Å². The van der Waals surface area contributed by atoms with Crippen LogP contribution in [0.15, 0.2) is 12.2 Å². The molecule has 9 heteroatoms. The number of carbonyl (C=O) groups is 4. The van der Waals surface area contributed by atoms with Crippen LogP contribution in [0, 0.1) is 0 Å². The zero-order chi connectivity index (χ0) is 19.1. The van der Waals surface area contributed by atoms with Gasteiger partial charge in [-0.25, -0.2) is 4.79 Å². The van der Waals surface area contributed by atoms with Gasteiger partial charge in [0.25, 0.3) is 0 Å². The molecule has 0 saturated heterocycles. The molecule has 142 valence electrons. The van der Waals surface area contributed by atoms with E-state index in [1.807, 2.05) is 6.92 Å². The smallest absolute Gasteiger partial charge is 0.333 e. The largest absolute Gasteiger partial charge is 0.463 e. The van der Waals surface area contributed by atoms with Crippen LogP contribution in [0.5, 0.6) is 0 Å². The van der Waals surface area contributed by atoms with E-state index in [1.165, 1.54) is 6.92 Å². The number of esters is 3. The fourth-order valence-electron chi connectivity index (χ4n) is 1.37. The van der Waals surface area contributed by atoms with Gasteiger partial charge in [-0.2, -0.15) is 11.8 Å². The van der Waals surface area contributed by atoms with Gasteiger partial charge in [-0.15, -0.1) is 0 Å². The van der Waals surface area contributed by atoms with Crippen LogP contribution in [-0.2, 0) is 33.4 Å². The lowest BCUT2D eigenvalue weighted by atomic mass is 10.3. The van der Waals surface area contributed by atoms with Gasteiger partial charge >= 0.3 is 17.9 Å². The maximum absolute atomic E-state index is 11.5. The molecule has 0 aromatic carbocycles. The van der Waals surface area contributed by atoms with E-state index in [0.29, 0.717) is 12.4 Å². The Morgan fingerprint density at radius 2 is 1.60 bits per heavy atom. The highest BCUT2D eigenvalue weighted by atomic mass is 32.2. The van der Waals surface area contributed by atoms with Crippen molar-refractivity contribution in [2.75, 3.05) is 37.9 Å². The number of hydrogen-bond donors (Lipinski definition) is 1. The van der Waals surface area contributed by atoms with Crippen molar-refractivity contribution in [1.82, 2.24) is 5.32 Å². The third-order valence-electron chi connectivity index (χ3n) is 2.61. The first-order valence-electron chi connectivity index (χ1n) is 7.85. The van der Waals surface area contributed by atoms with Gasteiger partial charge in [-0.3, -0.25) is 14.4 Å². The van der Waals surface area contributed by atoms with Gasteiger partial charge in [0.2, 0.25) is 5.91 Å². The molecule has 0 rings (SSSR count). The highest BCUT2D eigenvalue weighted by Gasteiger charge is 2.10. The third kappa shape index (κ3) is 14.1. The molecule has 0 saturated carbocycles. The van der Waals surface area contributed by atoms with Crippen molar-refractivity contribution in [1.29, 1.82) is 0 Å². The standard InChI is InChI=1S/C16H25NO7S/c1-4-25-10-9-23-15(20)11-17-13(18)5-6-14(19)22-7-8-24-16(21)12(2)3/h2,4-11H2,1,3H3,(H,17,18). The van der Waals surface area contributed by atoms with Crippen molar-refractivity contribution in [2.24, 2.45) is 0 Å². The lowest BCUT2D eigenvalue weighted by molar-refractivity contribution is -0.150. The summed E-state index contributed by atoms with van der Waals surface area (Å²) in [4.78, 5) is 45.3. The predicted octanol–water partition coefficient (Wildman–Crippen LogP) is 0.842. The SMILES string of the molecule is C=C(C)C(=O)OCCOC(=O)CCC(=O)NCC(=O)OCCSCC. The highest BCUT2D eigenvalue weighted by Crippen LogP contribution is 1.98. The van der Waals surface area contributed by atoms with E-state index in [9.17, 15) is 19.2 Å². The van der Waals surface area contributed by atoms with E-state index < -0.39 is 23.8 Å². The average Bonchev–Trinajstić information content (AvgIpc) is 2.58. The molecule has 1 N–H and O–H groups in total. The van der Waals surface area contributed by atoms with Crippen molar-refractivity contribution in [2.45, 2.75) is 26.7 Å². The van der Waals surface area contributed by atoms with Crippen molar-refractivity contribution >= 4 is 35.6 Å². The average molecular weight is 375 g/mol. The maximum atomic E-state index is 11.5. The topological polar surface area (TPSA) is 108 Å². The Labute approximate surface area is 151 Å². The van der Waals surface area contributed by atoms with Crippen LogP contribution in [0.25, 0.3) is 0 Å². The Balaban J connectivity index is 3.67. The number of carbonyl (C=O) groups excluding carboxylic acids is 4. The van der Waals surface area contributed by atoms with Crippen LogP contribution in [0.2, 0.25) is 0 Å². The Morgan fingerprint density at radius 3 is 2.24 bits per heavy atom. The second-order valence-corrected chi connectivity index (χ2v) is 6.22. The van der Waals surface area contributed by atoms with Crippen molar-refractivity contribution in [3.8, 4) is 0 Å². The summed E-state index contributed by atoms with van der Waals surface area (Å²) < 4.78 is 14.5. The van der Waals surface area contributed by atoms with Gasteiger partial charge in [-0.05, 0) is 12.7 Å². The van der Waals surface area contributed by atoms with Crippen LogP contribution in [0.3, 0.4) is 0 Å². The zero-order valence-corrected chi connectivity index (χ0v) is 15.4. The van der Waals surface area contributed by atoms with Gasteiger partial charge in [0.1, 0.15) is 26.4 Å². The number of hydrogen-bond acceptors (Lipinski definition) is 8. The van der Waals surface area contributed by atoms with Crippen LogP contribution in [0.1, 0.15) is 26.7 Å². The fourth-order valence-corrected chi connectivity index (χ4v) is 1.86. The second kappa shape index (κ2) is 14.3. The first-order valence-corrected chi connectivity index (χ1v) is 9.00. The van der Waals surface area contributed by atoms with Crippen molar-refractivity contribution in [3.05, 3.63) is 12.2 Å². The number of ether oxygens (including phenoxy) is 3. The van der Waals surface area contributed by atoms with Gasteiger partial charge < -0.3 is 19.5 Å². The minimum absolute atomic E-state index is 0.0776. The summed E-state index contributed by atoms with van der Waals surface area (Å²) in [6.45, 7) is 6.82. The Kier molecular flexibility index (Phi) is 13.2. The Bertz CT molecular complexity index is 479. The maximum Gasteiger partial charge on any atom is 0.333 e.